The van der Waals surface area contributed by atoms with Gasteiger partial charge in [-0.1, -0.05) is 200 Å². The van der Waals surface area contributed by atoms with E-state index in [0.29, 0.717) is 0 Å². The molecule has 0 spiro atoms. The van der Waals surface area contributed by atoms with Crippen LogP contribution in [0.15, 0.2) is 231 Å². The molecular formula is C66H38S2. The molecule has 0 saturated heterocycles. The molecule has 2 aromatic heterocycles. The van der Waals surface area contributed by atoms with Crippen LogP contribution in [0, 0.1) is 0 Å². The molecule has 68 heavy (non-hydrogen) atoms. The zero-order chi connectivity index (χ0) is 44.5. The number of thiophene rings is 2. The molecule has 0 saturated carbocycles. The summed E-state index contributed by atoms with van der Waals surface area (Å²) in [4.78, 5) is 0. The molecule has 15 rings (SSSR count). The molecule has 0 aliphatic rings. The van der Waals surface area contributed by atoms with E-state index < -0.39 is 0 Å². The summed E-state index contributed by atoms with van der Waals surface area (Å²) in [5.41, 5.74) is 10.2. The minimum absolute atomic E-state index is 1.24. The third-order valence-corrected chi connectivity index (χ3v) is 17.0. The monoisotopic (exact) mass is 894 g/mol. The topological polar surface area (TPSA) is 0 Å². The van der Waals surface area contributed by atoms with Crippen molar-refractivity contribution in [2.45, 2.75) is 0 Å². The fraction of sp³-hybridized carbons (Fsp3) is 0. The van der Waals surface area contributed by atoms with Gasteiger partial charge < -0.3 is 0 Å². The van der Waals surface area contributed by atoms with Gasteiger partial charge in [-0.15, -0.1) is 22.7 Å². The van der Waals surface area contributed by atoms with Crippen LogP contribution in [-0.2, 0) is 0 Å². The Morgan fingerprint density at radius 2 is 0.588 bits per heavy atom. The van der Waals surface area contributed by atoms with Crippen LogP contribution < -0.4 is 0 Å². The molecule has 0 aliphatic carbocycles. The van der Waals surface area contributed by atoms with Crippen LogP contribution in [-0.4, -0.2) is 0 Å². The third-order valence-electron chi connectivity index (χ3n) is 14.6. The van der Waals surface area contributed by atoms with Crippen LogP contribution >= 0.6 is 22.7 Å². The van der Waals surface area contributed by atoms with Gasteiger partial charge in [0.1, 0.15) is 0 Å². The van der Waals surface area contributed by atoms with Crippen LogP contribution in [0.25, 0.3) is 149 Å². The number of fused-ring (bicyclic) bond motifs is 14. The fourth-order valence-corrected chi connectivity index (χ4v) is 14.3. The van der Waals surface area contributed by atoms with E-state index in [1.54, 1.807) is 0 Å². The fourth-order valence-electron chi connectivity index (χ4n) is 11.8. The van der Waals surface area contributed by atoms with Gasteiger partial charge in [-0.05, 0) is 123 Å². The Labute approximate surface area is 400 Å². The highest BCUT2D eigenvalue weighted by Crippen LogP contribution is 2.55. The zero-order valence-corrected chi connectivity index (χ0v) is 38.4. The summed E-state index contributed by atoms with van der Waals surface area (Å²) >= 11 is 3.88. The Morgan fingerprint density at radius 1 is 0.221 bits per heavy atom. The summed E-state index contributed by atoms with van der Waals surface area (Å²) in [6, 6.07) is 86.4. The summed E-state index contributed by atoms with van der Waals surface area (Å²) in [7, 11) is 0. The first-order valence-corrected chi connectivity index (χ1v) is 25.0. The first-order chi connectivity index (χ1) is 33.8. The minimum Gasteiger partial charge on any atom is -0.135 e. The number of benzene rings is 13. The first-order valence-electron chi connectivity index (χ1n) is 23.4. The van der Waals surface area contributed by atoms with Crippen molar-refractivity contribution in [1.82, 2.24) is 0 Å². The van der Waals surface area contributed by atoms with Gasteiger partial charge in [0.05, 0.1) is 0 Å². The average molecular weight is 895 g/mol. The van der Waals surface area contributed by atoms with Crippen LogP contribution in [0.2, 0.25) is 0 Å². The van der Waals surface area contributed by atoms with Crippen molar-refractivity contribution >= 4 is 128 Å². The molecule has 0 nitrogen and oxygen atoms in total. The largest absolute Gasteiger partial charge is 0.135 e. The summed E-state index contributed by atoms with van der Waals surface area (Å²) < 4.78 is 5.29. The predicted molar refractivity (Wildman–Crippen MR) is 299 cm³/mol. The molecule has 0 radical (unpaired) electrons. The van der Waals surface area contributed by atoms with Crippen LogP contribution in [0.3, 0.4) is 0 Å². The maximum Gasteiger partial charge on any atom is 0.0440 e. The molecular weight excluding hydrogens is 857 g/mol. The van der Waals surface area contributed by atoms with Crippen LogP contribution in [0.1, 0.15) is 0 Å². The van der Waals surface area contributed by atoms with Gasteiger partial charge in [0.25, 0.3) is 0 Å². The Balaban J connectivity index is 1.13. The average Bonchev–Trinajstić information content (AvgIpc) is 3.99. The lowest BCUT2D eigenvalue weighted by Crippen LogP contribution is -1.93. The molecule has 314 valence electrons. The summed E-state index contributed by atoms with van der Waals surface area (Å²) in [5.74, 6) is 0. The van der Waals surface area contributed by atoms with E-state index in [1.807, 2.05) is 22.7 Å². The number of rotatable bonds is 4. The summed E-state index contributed by atoms with van der Waals surface area (Å²) in [6.07, 6.45) is 0. The van der Waals surface area contributed by atoms with E-state index in [-0.39, 0.29) is 0 Å². The molecule has 0 amide bonds. The van der Waals surface area contributed by atoms with Gasteiger partial charge in [-0.25, -0.2) is 0 Å². The van der Waals surface area contributed by atoms with Gasteiger partial charge in [0, 0.05) is 56.9 Å². The molecule has 2 heteroatoms. The Kier molecular flexibility index (Phi) is 8.21. The maximum atomic E-state index is 2.56. The Hall–Kier alpha value is -8.14. The molecule has 0 bridgehead atoms. The highest BCUT2D eigenvalue weighted by atomic mass is 32.1. The zero-order valence-electron chi connectivity index (χ0n) is 36.8. The van der Waals surface area contributed by atoms with Crippen molar-refractivity contribution in [2.24, 2.45) is 0 Å². The van der Waals surface area contributed by atoms with Gasteiger partial charge >= 0.3 is 0 Å². The lowest BCUT2D eigenvalue weighted by molar-refractivity contribution is 1.67. The highest BCUT2D eigenvalue weighted by molar-refractivity contribution is 7.27. The number of hydrogen-bond donors (Lipinski definition) is 0. The molecule has 13 aromatic carbocycles. The Bertz CT molecular complexity index is 4490. The molecule has 0 aliphatic heterocycles. The van der Waals surface area contributed by atoms with Gasteiger partial charge in [0.2, 0.25) is 0 Å². The quantitative estimate of drug-likeness (QED) is 0.154. The second-order valence-corrected chi connectivity index (χ2v) is 20.3. The van der Waals surface area contributed by atoms with Gasteiger partial charge in [-0.3, -0.25) is 0 Å². The van der Waals surface area contributed by atoms with Gasteiger partial charge in [-0.2, -0.15) is 0 Å². The lowest BCUT2D eigenvalue weighted by atomic mass is 9.83. The molecule has 2 heterocycles. The summed E-state index contributed by atoms with van der Waals surface area (Å²) in [6.45, 7) is 0. The lowest BCUT2D eigenvalue weighted by Gasteiger charge is -2.20. The Morgan fingerprint density at radius 3 is 1.06 bits per heavy atom. The van der Waals surface area contributed by atoms with Crippen molar-refractivity contribution < 1.29 is 0 Å². The highest BCUT2D eigenvalue weighted by Gasteiger charge is 2.26. The molecule has 0 N–H and O–H groups in total. The van der Waals surface area contributed by atoms with Crippen molar-refractivity contribution in [3.8, 4) is 44.5 Å². The van der Waals surface area contributed by atoms with Crippen molar-refractivity contribution in [1.29, 1.82) is 0 Å². The standard InChI is InChI=1S/C66H38S2/c1-2-19-40(20-3-1)58-44-22-6-10-26-48(44)61(49-27-11-7-23-45(49)58)54-37-43-38-55(66-64(53-31-15-17-33-57(53)68-66)60(43)63-52-30-14-16-32-56(52)67-65(54)63)62-50-28-12-8-24-46(50)59(47-25-9-13-29-51(47)62)42-35-34-39-18-4-5-21-41(39)36-42/h1-38H. The van der Waals surface area contributed by atoms with E-state index in [1.165, 1.54) is 149 Å². The third kappa shape index (κ3) is 5.42. The molecule has 0 atom stereocenters. The van der Waals surface area contributed by atoms with E-state index in [9.17, 15) is 0 Å². The summed E-state index contributed by atoms with van der Waals surface area (Å²) in [5, 5.41) is 20.6. The number of hydrogen-bond acceptors (Lipinski definition) is 2. The second-order valence-electron chi connectivity index (χ2n) is 18.2. The van der Waals surface area contributed by atoms with E-state index >= 15 is 0 Å². The van der Waals surface area contributed by atoms with Crippen LogP contribution in [0.4, 0.5) is 0 Å². The van der Waals surface area contributed by atoms with E-state index in [2.05, 4.69) is 231 Å². The molecule has 0 fully saturated rings. The smallest absolute Gasteiger partial charge is 0.0440 e. The van der Waals surface area contributed by atoms with E-state index in [4.69, 9.17) is 0 Å². The van der Waals surface area contributed by atoms with Crippen molar-refractivity contribution in [3.63, 3.8) is 0 Å². The predicted octanol–water partition coefficient (Wildman–Crippen LogP) is 20.0. The maximum absolute atomic E-state index is 2.56. The van der Waals surface area contributed by atoms with Crippen molar-refractivity contribution in [3.05, 3.63) is 231 Å². The second kappa shape index (κ2) is 14.7. The van der Waals surface area contributed by atoms with Crippen molar-refractivity contribution in [2.75, 3.05) is 0 Å². The van der Waals surface area contributed by atoms with Gasteiger partial charge in [0.15, 0.2) is 0 Å². The van der Waals surface area contributed by atoms with E-state index in [0.717, 1.165) is 0 Å². The minimum atomic E-state index is 1.24. The normalized spacial score (nSPS) is 12.1. The molecule has 15 aromatic rings. The molecule has 0 unspecified atom stereocenters. The SMILES string of the molecule is c1ccc(-c2c3ccccc3c(-c3cc4cc(-c5c6ccccc6c(-c6ccc7ccccc7c6)c6ccccc56)c5sc6ccccc6c5c4c4c3sc3ccccc34)c3ccccc23)cc1. The van der Waals surface area contributed by atoms with Crippen LogP contribution in [0.5, 0.6) is 0 Å². The first kappa shape index (κ1) is 38.0.